The molecule has 0 bridgehead atoms. The number of rotatable bonds is 4. The third-order valence-electron chi connectivity index (χ3n) is 3.73. The van der Waals surface area contributed by atoms with Crippen molar-refractivity contribution in [1.29, 1.82) is 0 Å². The molecule has 1 saturated heterocycles. The van der Waals surface area contributed by atoms with Crippen molar-refractivity contribution in [3.8, 4) is 0 Å². The topological polar surface area (TPSA) is 105 Å². The third kappa shape index (κ3) is 4.35. The van der Waals surface area contributed by atoms with E-state index in [2.05, 4.69) is 5.32 Å². The maximum atomic E-state index is 11.9. The number of nitro groups is 1. The predicted molar refractivity (Wildman–Crippen MR) is 89.1 cm³/mol. The zero-order valence-corrected chi connectivity index (χ0v) is 14.1. The van der Waals surface area contributed by atoms with E-state index in [1.54, 1.807) is 43.9 Å². The zero-order chi connectivity index (χ0) is 17.9. The van der Waals surface area contributed by atoms with Crippen LogP contribution in [0.15, 0.2) is 24.3 Å². The number of carbonyl (C=O) groups is 1. The summed E-state index contributed by atoms with van der Waals surface area (Å²) < 4.78 is 5.23. The number of aliphatic hydroxyl groups excluding tert-OH is 1. The first-order valence-corrected chi connectivity index (χ1v) is 7.81. The standard InChI is InChI=1S/C16H23N3O5/c1-16(2,3)24-15(21)17-11-8-12(10-20)18(9-11)13-6-4-5-7-14(13)19(22)23/h4-7,11-12,20H,8-10H2,1-3H3,(H,17,21). The summed E-state index contributed by atoms with van der Waals surface area (Å²) in [4.78, 5) is 24.4. The van der Waals surface area contributed by atoms with Crippen molar-refractivity contribution in [2.45, 2.75) is 44.9 Å². The van der Waals surface area contributed by atoms with Crippen molar-refractivity contribution in [3.05, 3.63) is 34.4 Å². The number of ether oxygens (including phenoxy) is 1. The van der Waals surface area contributed by atoms with Gasteiger partial charge < -0.3 is 20.1 Å². The molecule has 1 aromatic rings. The summed E-state index contributed by atoms with van der Waals surface area (Å²) in [5.74, 6) is 0. The average Bonchev–Trinajstić information content (AvgIpc) is 2.87. The highest BCUT2D eigenvalue weighted by Crippen LogP contribution is 2.33. The minimum Gasteiger partial charge on any atom is -0.444 e. The van der Waals surface area contributed by atoms with Gasteiger partial charge in [-0.3, -0.25) is 10.1 Å². The van der Waals surface area contributed by atoms with Gasteiger partial charge in [-0.15, -0.1) is 0 Å². The summed E-state index contributed by atoms with van der Waals surface area (Å²) in [5, 5.41) is 23.6. The summed E-state index contributed by atoms with van der Waals surface area (Å²) >= 11 is 0. The van der Waals surface area contributed by atoms with E-state index in [0.29, 0.717) is 18.7 Å². The Morgan fingerprint density at radius 3 is 2.71 bits per heavy atom. The molecule has 8 nitrogen and oxygen atoms in total. The Balaban J connectivity index is 2.13. The number of hydrogen-bond donors (Lipinski definition) is 2. The predicted octanol–water partition coefficient (Wildman–Crippen LogP) is 2.06. The van der Waals surface area contributed by atoms with Crippen LogP contribution in [0.3, 0.4) is 0 Å². The van der Waals surface area contributed by atoms with Crippen LogP contribution in [0.25, 0.3) is 0 Å². The van der Waals surface area contributed by atoms with Crippen molar-refractivity contribution in [2.75, 3.05) is 18.1 Å². The Hall–Kier alpha value is -2.35. The Morgan fingerprint density at radius 2 is 2.12 bits per heavy atom. The van der Waals surface area contributed by atoms with Crippen molar-refractivity contribution in [1.82, 2.24) is 5.32 Å². The number of nitrogens with one attached hydrogen (secondary N) is 1. The number of benzene rings is 1. The lowest BCUT2D eigenvalue weighted by Crippen LogP contribution is -2.40. The molecule has 1 amide bonds. The summed E-state index contributed by atoms with van der Waals surface area (Å²) in [6.07, 6.45) is -0.0458. The molecule has 2 atom stereocenters. The van der Waals surface area contributed by atoms with E-state index < -0.39 is 16.6 Å². The molecule has 2 unspecified atom stereocenters. The average molecular weight is 337 g/mol. The number of alkyl carbamates (subject to hydrolysis) is 1. The lowest BCUT2D eigenvalue weighted by Gasteiger charge is -2.24. The van der Waals surface area contributed by atoms with Crippen LogP contribution < -0.4 is 10.2 Å². The first kappa shape index (κ1) is 18.0. The maximum absolute atomic E-state index is 11.9. The lowest BCUT2D eigenvalue weighted by atomic mass is 10.1. The maximum Gasteiger partial charge on any atom is 0.407 e. The van der Waals surface area contributed by atoms with Gasteiger partial charge in [-0.2, -0.15) is 0 Å². The van der Waals surface area contributed by atoms with E-state index in [1.165, 1.54) is 6.07 Å². The second-order valence-electron chi connectivity index (χ2n) is 6.81. The van der Waals surface area contributed by atoms with Gasteiger partial charge in [0.2, 0.25) is 0 Å². The van der Waals surface area contributed by atoms with Crippen molar-refractivity contribution in [3.63, 3.8) is 0 Å². The van der Waals surface area contributed by atoms with E-state index in [-0.39, 0.29) is 24.4 Å². The van der Waals surface area contributed by atoms with E-state index in [9.17, 15) is 20.0 Å². The number of amides is 1. The molecule has 0 aromatic heterocycles. The van der Waals surface area contributed by atoms with Gasteiger partial charge in [-0.25, -0.2) is 4.79 Å². The summed E-state index contributed by atoms with van der Waals surface area (Å²) in [6.45, 7) is 5.54. The van der Waals surface area contributed by atoms with E-state index >= 15 is 0 Å². The Labute approximate surface area is 140 Å². The van der Waals surface area contributed by atoms with E-state index in [4.69, 9.17) is 4.74 Å². The first-order chi connectivity index (χ1) is 11.2. The van der Waals surface area contributed by atoms with Crippen LogP contribution in [0.2, 0.25) is 0 Å². The van der Waals surface area contributed by atoms with Gasteiger partial charge in [0.05, 0.1) is 23.6 Å². The number of nitro benzene ring substituents is 1. The highest BCUT2D eigenvalue weighted by molar-refractivity contribution is 5.69. The molecule has 0 saturated carbocycles. The molecule has 1 aliphatic heterocycles. The first-order valence-electron chi connectivity index (χ1n) is 7.81. The lowest BCUT2D eigenvalue weighted by molar-refractivity contribution is -0.384. The van der Waals surface area contributed by atoms with Gasteiger partial charge in [0.1, 0.15) is 11.3 Å². The molecule has 2 N–H and O–H groups in total. The highest BCUT2D eigenvalue weighted by atomic mass is 16.6. The minimum atomic E-state index is -0.600. The fourth-order valence-electron chi connectivity index (χ4n) is 2.83. The summed E-state index contributed by atoms with van der Waals surface area (Å²) in [5.41, 5.74) is -0.180. The normalized spacial score (nSPS) is 20.8. The summed E-state index contributed by atoms with van der Waals surface area (Å²) in [6, 6.07) is 5.84. The van der Waals surface area contributed by atoms with Gasteiger partial charge >= 0.3 is 6.09 Å². The third-order valence-corrected chi connectivity index (χ3v) is 3.73. The molecule has 1 aliphatic rings. The molecule has 8 heteroatoms. The van der Waals surface area contributed by atoms with Gasteiger partial charge in [0.15, 0.2) is 0 Å². The Kier molecular flexibility index (Phi) is 5.28. The minimum absolute atomic E-state index is 0.0196. The summed E-state index contributed by atoms with van der Waals surface area (Å²) in [7, 11) is 0. The van der Waals surface area contributed by atoms with Crippen molar-refractivity contribution >= 4 is 17.5 Å². The highest BCUT2D eigenvalue weighted by Gasteiger charge is 2.36. The van der Waals surface area contributed by atoms with E-state index in [0.717, 1.165) is 0 Å². The quantitative estimate of drug-likeness (QED) is 0.643. The van der Waals surface area contributed by atoms with Crippen LogP contribution >= 0.6 is 0 Å². The second kappa shape index (κ2) is 7.04. The number of carbonyl (C=O) groups excluding carboxylic acids is 1. The van der Waals surface area contributed by atoms with Crippen LogP contribution in [0, 0.1) is 10.1 Å². The van der Waals surface area contributed by atoms with Crippen LogP contribution in [-0.4, -0.2) is 47.0 Å². The number of aliphatic hydroxyl groups is 1. The van der Waals surface area contributed by atoms with Gasteiger partial charge in [0.25, 0.3) is 5.69 Å². The zero-order valence-electron chi connectivity index (χ0n) is 14.1. The van der Waals surface area contributed by atoms with Crippen LogP contribution in [0.1, 0.15) is 27.2 Å². The number of para-hydroxylation sites is 2. The molecule has 1 heterocycles. The molecule has 1 fully saturated rings. The SMILES string of the molecule is CC(C)(C)OC(=O)NC1CC(CO)N(c2ccccc2[N+](=O)[O-])C1. The molecule has 0 spiro atoms. The van der Waals surface area contributed by atoms with Crippen LogP contribution in [-0.2, 0) is 4.74 Å². The van der Waals surface area contributed by atoms with Gasteiger partial charge in [0, 0.05) is 12.6 Å². The largest absolute Gasteiger partial charge is 0.444 e. The fraction of sp³-hybridized carbons (Fsp3) is 0.562. The number of hydrogen-bond acceptors (Lipinski definition) is 6. The molecule has 1 aromatic carbocycles. The molecule has 24 heavy (non-hydrogen) atoms. The van der Waals surface area contributed by atoms with Gasteiger partial charge in [-0.05, 0) is 33.3 Å². The number of anilines is 1. The van der Waals surface area contributed by atoms with Crippen molar-refractivity contribution < 1.29 is 19.6 Å². The van der Waals surface area contributed by atoms with Crippen molar-refractivity contribution in [2.24, 2.45) is 0 Å². The number of nitrogens with zero attached hydrogens (tertiary/aromatic N) is 2. The molecule has 132 valence electrons. The molecular weight excluding hydrogens is 314 g/mol. The monoisotopic (exact) mass is 337 g/mol. The molecule has 0 aliphatic carbocycles. The second-order valence-corrected chi connectivity index (χ2v) is 6.81. The van der Waals surface area contributed by atoms with Crippen LogP contribution in [0.5, 0.6) is 0 Å². The molecular formula is C16H23N3O5. The fourth-order valence-corrected chi connectivity index (χ4v) is 2.83. The smallest absolute Gasteiger partial charge is 0.407 e. The van der Waals surface area contributed by atoms with Gasteiger partial charge in [-0.1, -0.05) is 12.1 Å². The van der Waals surface area contributed by atoms with E-state index in [1.807, 2.05) is 0 Å². The Morgan fingerprint density at radius 1 is 1.46 bits per heavy atom. The van der Waals surface area contributed by atoms with Crippen LogP contribution in [0.4, 0.5) is 16.2 Å². The Bertz CT molecular complexity index is 614. The molecule has 2 rings (SSSR count). The molecule has 0 radical (unpaired) electrons.